The van der Waals surface area contributed by atoms with Gasteiger partial charge in [0, 0.05) is 23.8 Å². The van der Waals surface area contributed by atoms with Crippen molar-refractivity contribution in [3.63, 3.8) is 0 Å². The van der Waals surface area contributed by atoms with Gasteiger partial charge in [-0.25, -0.2) is 4.79 Å². The Balaban J connectivity index is 1.37. The number of carbonyl (C=O) groups is 3. The fraction of sp³-hybridized carbons (Fsp3) is 0.143. The summed E-state index contributed by atoms with van der Waals surface area (Å²) in [5.74, 6) is -0.351. The van der Waals surface area contributed by atoms with E-state index < -0.39 is 5.97 Å². The number of hydrogen-bond acceptors (Lipinski definition) is 6. The normalized spacial score (nSPS) is 13.0. The molecule has 0 saturated carbocycles. The molecule has 3 aromatic rings. The van der Waals surface area contributed by atoms with Gasteiger partial charge in [0.15, 0.2) is 0 Å². The van der Waals surface area contributed by atoms with Gasteiger partial charge in [0.05, 0.1) is 23.2 Å². The first-order valence-corrected chi connectivity index (χ1v) is 10.1. The molecule has 9 heteroatoms. The van der Waals surface area contributed by atoms with Crippen LogP contribution in [0.25, 0.3) is 0 Å². The van der Waals surface area contributed by atoms with Crippen molar-refractivity contribution in [3.8, 4) is 5.75 Å². The number of nitrogens with one attached hydrogen (secondary N) is 1. The Hall–Kier alpha value is -3.59. The zero-order chi connectivity index (χ0) is 21.1. The third-order valence-corrected chi connectivity index (χ3v) is 5.45. The summed E-state index contributed by atoms with van der Waals surface area (Å²) in [6.07, 6.45) is 3.09. The molecule has 0 atom stereocenters. The molecule has 1 aliphatic heterocycles. The van der Waals surface area contributed by atoms with E-state index >= 15 is 0 Å². The van der Waals surface area contributed by atoms with Crippen molar-refractivity contribution in [2.24, 2.45) is 7.05 Å². The number of aromatic nitrogens is 2. The minimum Gasteiger partial charge on any atom is -0.425 e. The average molecular weight is 422 g/mol. The molecule has 2 heterocycles. The second kappa shape index (κ2) is 8.42. The van der Waals surface area contributed by atoms with E-state index in [1.165, 1.54) is 22.9 Å². The van der Waals surface area contributed by atoms with Crippen molar-refractivity contribution in [1.82, 2.24) is 9.78 Å². The molecule has 0 saturated heterocycles. The van der Waals surface area contributed by atoms with Gasteiger partial charge in [-0.3, -0.25) is 19.2 Å². The van der Waals surface area contributed by atoms with Gasteiger partial charge in [-0.15, -0.1) is 11.8 Å². The molecule has 1 N–H and O–H groups in total. The summed E-state index contributed by atoms with van der Waals surface area (Å²) < 4.78 is 6.91. The zero-order valence-corrected chi connectivity index (χ0v) is 16.9. The lowest BCUT2D eigenvalue weighted by atomic mass is 10.2. The number of thioether (sulfide) groups is 1. The van der Waals surface area contributed by atoms with Gasteiger partial charge in [-0.05, 0) is 36.4 Å². The summed E-state index contributed by atoms with van der Waals surface area (Å²) in [6, 6.07) is 13.9. The van der Waals surface area contributed by atoms with E-state index in [9.17, 15) is 14.4 Å². The number of aryl methyl sites for hydroxylation is 1. The van der Waals surface area contributed by atoms with Gasteiger partial charge in [0.25, 0.3) is 5.91 Å². The Morgan fingerprint density at radius 1 is 1.17 bits per heavy atom. The first-order chi connectivity index (χ1) is 14.5. The maximum Gasteiger partial charge on any atom is 0.331 e. The lowest BCUT2D eigenvalue weighted by Crippen LogP contribution is -2.40. The number of hydrogen-bond donors (Lipinski definition) is 1. The second-order valence-electron chi connectivity index (χ2n) is 6.59. The van der Waals surface area contributed by atoms with Crippen molar-refractivity contribution in [2.75, 3.05) is 22.5 Å². The van der Waals surface area contributed by atoms with Crippen LogP contribution in [0.15, 0.2) is 65.8 Å². The third kappa shape index (κ3) is 4.36. The molecule has 0 spiro atoms. The number of ether oxygens (including phenoxy) is 1. The molecule has 2 aromatic carbocycles. The minimum absolute atomic E-state index is 0.135. The molecule has 0 unspecified atom stereocenters. The van der Waals surface area contributed by atoms with E-state index in [-0.39, 0.29) is 24.1 Å². The Morgan fingerprint density at radius 2 is 1.93 bits per heavy atom. The van der Waals surface area contributed by atoms with Gasteiger partial charge >= 0.3 is 5.97 Å². The molecule has 1 aromatic heterocycles. The van der Waals surface area contributed by atoms with E-state index in [0.29, 0.717) is 22.7 Å². The smallest absolute Gasteiger partial charge is 0.331 e. The van der Waals surface area contributed by atoms with Crippen LogP contribution in [0.5, 0.6) is 5.75 Å². The number of rotatable bonds is 5. The van der Waals surface area contributed by atoms with Gasteiger partial charge < -0.3 is 10.1 Å². The molecule has 4 rings (SSSR count). The van der Waals surface area contributed by atoms with E-state index in [1.54, 1.807) is 42.2 Å². The second-order valence-corrected chi connectivity index (χ2v) is 7.61. The number of esters is 1. The molecule has 0 radical (unpaired) electrons. The highest BCUT2D eigenvalue weighted by Gasteiger charge is 2.26. The molecule has 2 amide bonds. The van der Waals surface area contributed by atoms with Gasteiger partial charge in [0.2, 0.25) is 5.91 Å². The van der Waals surface area contributed by atoms with E-state index in [2.05, 4.69) is 10.4 Å². The average Bonchev–Trinajstić information content (AvgIpc) is 3.18. The maximum absolute atomic E-state index is 12.4. The monoisotopic (exact) mass is 422 g/mol. The van der Waals surface area contributed by atoms with Crippen molar-refractivity contribution in [2.45, 2.75) is 4.90 Å². The van der Waals surface area contributed by atoms with Crippen molar-refractivity contribution in [1.29, 1.82) is 0 Å². The Kier molecular flexibility index (Phi) is 5.53. The molecular formula is C21H18N4O4S. The Labute approximate surface area is 176 Å². The topological polar surface area (TPSA) is 93.5 Å². The number of nitrogens with zero attached hydrogens (tertiary/aromatic N) is 3. The summed E-state index contributed by atoms with van der Waals surface area (Å²) in [6.45, 7) is -0.171. The fourth-order valence-electron chi connectivity index (χ4n) is 2.97. The molecule has 30 heavy (non-hydrogen) atoms. The van der Waals surface area contributed by atoms with Crippen molar-refractivity contribution in [3.05, 3.63) is 66.5 Å². The number of carbonyl (C=O) groups excluding carboxylic acids is 3. The highest BCUT2D eigenvalue weighted by atomic mass is 32.2. The lowest BCUT2D eigenvalue weighted by Gasteiger charge is -2.27. The van der Waals surface area contributed by atoms with Crippen molar-refractivity contribution >= 4 is 40.9 Å². The van der Waals surface area contributed by atoms with Gasteiger partial charge in [-0.1, -0.05) is 12.1 Å². The Bertz CT molecular complexity index is 1110. The summed E-state index contributed by atoms with van der Waals surface area (Å²) >= 11 is 1.45. The number of para-hydroxylation sites is 1. The van der Waals surface area contributed by atoms with Crippen LogP contribution in [0, 0.1) is 0 Å². The van der Waals surface area contributed by atoms with Crippen LogP contribution in [0.2, 0.25) is 0 Å². The van der Waals surface area contributed by atoms with Crippen LogP contribution in [-0.4, -0.2) is 39.9 Å². The van der Waals surface area contributed by atoms with Crippen LogP contribution >= 0.6 is 11.8 Å². The van der Waals surface area contributed by atoms with Crippen molar-refractivity contribution < 1.29 is 19.1 Å². The SMILES string of the molecule is Cn1cc(C(=O)Nc2ccc(OC(=O)CN3C(=O)CSc4ccccc43)cc2)cn1. The zero-order valence-electron chi connectivity index (χ0n) is 16.1. The fourth-order valence-corrected chi connectivity index (χ4v) is 3.90. The number of amides is 2. The molecule has 0 aliphatic carbocycles. The molecule has 152 valence electrons. The standard InChI is InChI=1S/C21H18N4O4S/c1-24-11-14(10-22-24)21(28)23-15-6-8-16(9-7-15)29-20(27)12-25-17-4-2-3-5-18(17)30-13-19(25)26/h2-11H,12-13H2,1H3,(H,23,28). The minimum atomic E-state index is -0.544. The molecule has 1 aliphatic rings. The number of benzene rings is 2. The van der Waals surface area contributed by atoms with Crippen LogP contribution in [0.4, 0.5) is 11.4 Å². The highest BCUT2D eigenvalue weighted by molar-refractivity contribution is 8.00. The summed E-state index contributed by atoms with van der Waals surface area (Å²) in [5.41, 5.74) is 1.71. The first kappa shape index (κ1) is 19.7. The van der Waals surface area contributed by atoms with Gasteiger partial charge in [0.1, 0.15) is 12.3 Å². The molecule has 0 bridgehead atoms. The summed E-state index contributed by atoms with van der Waals surface area (Å²) in [7, 11) is 1.73. The largest absolute Gasteiger partial charge is 0.425 e. The van der Waals surface area contributed by atoms with E-state index in [0.717, 1.165) is 4.90 Å². The summed E-state index contributed by atoms with van der Waals surface area (Å²) in [4.78, 5) is 39.2. The predicted octanol–water partition coefficient (Wildman–Crippen LogP) is 2.72. The number of fused-ring (bicyclic) bond motifs is 1. The Morgan fingerprint density at radius 3 is 2.67 bits per heavy atom. The van der Waals surface area contributed by atoms with Crippen LogP contribution in [-0.2, 0) is 16.6 Å². The highest BCUT2D eigenvalue weighted by Crippen LogP contribution is 2.34. The maximum atomic E-state index is 12.4. The molecule has 8 nitrogen and oxygen atoms in total. The van der Waals surface area contributed by atoms with Crippen LogP contribution in [0.3, 0.4) is 0 Å². The summed E-state index contributed by atoms with van der Waals surface area (Å²) in [5, 5.41) is 6.71. The van der Waals surface area contributed by atoms with Crippen LogP contribution < -0.4 is 15.0 Å². The predicted molar refractivity (Wildman–Crippen MR) is 113 cm³/mol. The number of anilines is 2. The first-order valence-electron chi connectivity index (χ1n) is 9.12. The molecule has 0 fully saturated rings. The third-order valence-electron chi connectivity index (χ3n) is 4.41. The van der Waals surface area contributed by atoms with E-state index in [1.807, 2.05) is 24.3 Å². The quantitative estimate of drug-likeness (QED) is 0.502. The van der Waals surface area contributed by atoms with Gasteiger partial charge in [-0.2, -0.15) is 5.10 Å². The van der Waals surface area contributed by atoms with E-state index in [4.69, 9.17) is 4.74 Å². The molecular weight excluding hydrogens is 404 g/mol. The van der Waals surface area contributed by atoms with Crippen LogP contribution in [0.1, 0.15) is 10.4 Å². The lowest BCUT2D eigenvalue weighted by molar-refractivity contribution is -0.134.